The fourth-order valence-corrected chi connectivity index (χ4v) is 2.63. The maximum Gasteiger partial charge on any atom is 0.239 e. The largest absolute Gasteiger partial charge is 0.486 e. The molecule has 5 heteroatoms. The molecule has 120 valence electrons. The molecular formula is C18H20N2O3. The van der Waals surface area contributed by atoms with Gasteiger partial charge >= 0.3 is 0 Å². The molecule has 0 saturated heterocycles. The molecule has 1 atom stereocenters. The first kappa shape index (κ1) is 15.4. The minimum absolute atomic E-state index is 0.377. The molecule has 0 bridgehead atoms. The number of benzene rings is 2. The summed E-state index contributed by atoms with van der Waals surface area (Å²) in [5, 5.41) is 3.22. The van der Waals surface area contributed by atoms with Gasteiger partial charge in [-0.05, 0) is 29.7 Å². The molecule has 23 heavy (non-hydrogen) atoms. The van der Waals surface area contributed by atoms with E-state index in [1.54, 1.807) is 0 Å². The lowest BCUT2D eigenvalue weighted by molar-refractivity contribution is -0.120. The number of hydrogen-bond acceptors (Lipinski definition) is 4. The molecule has 0 fully saturated rings. The van der Waals surface area contributed by atoms with E-state index >= 15 is 0 Å². The molecule has 0 aliphatic carbocycles. The van der Waals surface area contributed by atoms with Gasteiger partial charge in [-0.15, -0.1) is 0 Å². The second-order valence-electron chi connectivity index (χ2n) is 5.43. The average Bonchev–Trinajstić information content (AvgIpc) is 2.59. The molecule has 0 spiro atoms. The molecule has 2 aromatic carbocycles. The van der Waals surface area contributed by atoms with Gasteiger partial charge in [0.15, 0.2) is 11.5 Å². The third-order valence-electron chi connectivity index (χ3n) is 3.79. The lowest BCUT2D eigenvalue weighted by Crippen LogP contribution is -2.34. The molecule has 1 aliphatic heterocycles. The number of fused-ring (bicyclic) bond motifs is 1. The Kier molecular flexibility index (Phi) is 4.78. The van der Waals surface area contributed by atoms with Crippen molar-refractivity contribution in [3.63, 3.8) is 0 Å². The zero-order valence-electron chi connectivity index (χ0n) is 12.8. The van der Waals surface area contributed by atoms with Gasteiger partial charge < -0.3 is 20.5 Å². The molecule has 1 unspecified atom stereocenters. The van der Waals surface area contributed by atoms with Crippen molar-refractivity contribution in [1.29, 1.82) is 0 Å². The Morgan fingerprint density at radius 2 is 1.83 bits per heavy atom. The van der Waals surface area contributed by atoms with Crippen LogP contribution in [-0.4, -0.2) is 25.7 Å². The van der Waals surface area contributed by atoms with E-state index in [9.17, 15) is 4.79 Å². The van der Waals surface area contributed by atoms with Crippen LogP contribution in [0.2, 0.25) is 0 Å². The Hall–Kier alpha value is -2.53. The van der Waals surface area contributed by atoms with Crippen LogP contribution in [0.4, 0.5) is 0 Å². The number of amides is 1. The van der Waals surface area contributed by atoms with Gasteiger partial charge in [0.05, 0.1) is 0 Å². The van der Waals surface area contributed by atoms with E-state index in [-0.39, 0.29) is 5.91 Å². The molecule has 0 radical (unpaired) electrons. The summed E-state index contributed by atoms with van der Waals surface area (Å²) in [6, 6.07) is 14.9. The number of rotatable bonds is 6. The summed E-state index contributed by atoms with van der Waals surface area (Å²) in [6.45, 7) is 1.81. The van der Waals surface area contributed by atoms with E-state index in [1.165, 1.54) is 0 Å². The molecular weight excluding hydrogens is 292 g/mol. The zero-order chi connectivity index (χ0) is 16.1. The molecule has 1 aliphatic rings. The van der Waals surface area contributed by atoms with Gasteiger partial charge in [0, 0.05) is 6.54 Å². The molecule has 2 aromatic rings. The Morgan fingerprint density at radius 1 is 1.09 bits per heavy atom. The third-order valence-corrected chi connectivity index (χ3v) is 3.79. The SMILES string of the molecule is NC(=O)C(NCCc1ccc2c(c1)OCCO2)c1ccccc1. The Balaban J connectivity index is 1.60. The predicted octanol–water partition coefficient (Wildman–Crippen LogP) is 1.82. The van der Waals surface area contributed by atoms with E-state index in [4.69, 9.17) is 15.2 Å². The number of carbonyl (C=O) groups is 1. The quantitative estimate of drug-likeness (QED) is 0.853. The maximum absolute atomic E-state index is 11.7. The van der Waals surface area contributed by atoms with Crippen LogP contribution < -0.4 is 20.5 Å². The number of carbonyl (C=O) groups excluding carboxylic acids is 1. The Bertz CT molecular complexity index is 673. The maximum atomic E-state index is 11.7. The van der Waals surface area contributed by atoms with Crippen molar-refractivity contribution in [3.05, 3.63) is 59.7 Å². The third kappa shape index (κ3) is 3.81. The van der Waals surface area contributed by atoms with Crippen LogP contribution in [0.1, 0.15) is 17.2 Å². The smallest absolute Gasteiger partial charge is 0.239 e. The van der Waals surface area contributed by atoms with Gasteiger partial charge in [-0.3, -0.25) is 4.79 Å². The molecule has 3 rings (SSSR count). The fraction of sp³-hybridized carbons (Fsp3) is 0.278. The minimum Gasteiger partial charge on any atom is -0.486 e. The van der Waals surface area contributed by atoms with Gasteiger partial charge in [0.2, 0.25) is 5.91 Å². The highest BCUT2D eigenvalue weighted by Gasteiger charge is 2.17. The highest BCUT2D eigenvalue weighted by molar-refractivity contribution is 5.81. The minimum atomic E-state index is -0.478. The molecule has 0 aromatic heterocycles. The highest BCUT2D eigenvalue weighted by Crippen LogP contribution is 2.30. The van der Waals surface area contributed by atoms with Crippen molar-refractivity contribution in [3.8, 4) is 11.5 Å². The van der Waals surface area contributed by atoms with Crippen molar-refractivity contribution < 1.29 is 14.3 Å². The van der Waals surface area contributed by atoms with Crippen LogP contribution in [0.5, 0.6) is 11.5 Å². The summed E-state index contributed by atoms with van der Waals surface area (Å²) in [5.41, 5.74) is 7.50. The van der Waals surface area contributed by atoms with Gasteiger partial charge in [0.25, 0.3) is 0 Å². The molecule has 1 heterocycles. The summed E-state index contributed by atoms with van der Waals surface area (Å²) in [4.78, 5) is 11.7. The van der Waals surface area contributed by atoms with Crippen LogP contribution in [0.3, 0.4) is 0 Å². The number of ether oxygens (including phenoxy) is 2. The number of nitrogens with one attached hydrogen (secondary N) is 1. The first-order valence-electron chi connectivity index (χ1n) is 7.70. The second kappa shape index (κ2) is 7.15. The Morgan fingerprint density at radius 3 is 2.57 bits per heavy atom. The van der Waals surface area contributed by atoms with E-state index in [0.717, 1.165) is 29.0 Å². The van der Waals surface area contributed by atoms with E-state index < -0.39 is 6.04 Å². The predicted molar refractivity (Wildman–Crippen MR) is 87.5 cm³/mol. The van der Waals surface area contributed by atoms with Crippen LogP contribution in [-0.2, 0) is 11.2 Å². The summed E-state index contributed by atoms with van der Waals surface area (Å²) in [5.74, 6) is 1.19. The van der Waals surface area contributed by atoms with E-state index in [0.29, 0.717) is 19.8 Å². The lowest BCUT2D eigenvalue weighted by Gasteiger charge is -2.19. The first-order valence-corrected chi connectivity index (χ1v) is 7.70. The van der Waals surface area contributed by atoms with Crippen molar-refractivity contribution in [1.82, 2.24) is 5.32 Å². The normalized spacial score (nSPS) is 14.3. The van der Waals surface area contributed by atoms with Crippen molar-refractivity contribution >= 4 is 5.91 Å². The Labute approximate surface area is 135 Å². The summed E-state index contributed by atoms with van der Waals surface area (Å²) in [6.07, 6.45) is 0.771. The topological polar surface area (TPSA) is 73.6 Å². The summed E-state index contributed by atoms with van der Waals surface area (Å²) in [7, 11) is 0. The monoisotopic (exact) mass is 312 g/mol. The van der Waals surface area contributed by atoms with Crippen molar-refractivity contribution in [2.75, 3.05) is 19.8 Å². The molecule has 3 N–H and O–H groups in total. The van der Waals surface area contributed by atoms with Gasteiger partial charge in [-0.2, -0.15) is 0 Å². The number of nitrogens with two attached hydrogens (primary N) is 1. The van der Waals surface area contributed by atoms with E-state index in [2.05, 4.69) is 5.32 Å². The lowest BCUT2D eigenvalue weighted by atomic mass is 10.1. The van der Waals surface area contributed by atoms with Crippen LogP contribution in [0.15, 0.2) is 48.5 Å². The summed E-state index contributed by atoms with van der Waals surface area (Å²) < 4.78 is 11.1. The second-order valence-corrected chi connectivity index (χ2v) is 5.43. The van der Waals surface area contributed by atoms with Crippen LogP contribution >= 0.6 is 0 Å². The number of hydrogen-bond donors (Lipinski definition) is 2. The van der Waals surface area contributed by atoms with Crippen molar-refractivity contribution in [2.45, 2.75) is 12.5 Å². The number of primary amides is 1. The standard InChI is InChI=1S/C18H20N2O3/c19-18(21)17(14-4-2-1-3-5-14)20-9-8-13-6-7-15-16(12-13)23-11-10-22-15/h1-7,12,17,20H,8-11H2,(H2,19,21). The van der Waals surface area contributed by atoms with Crippen molar-refractivity contribution in [2.24, 2.45) is 5.73 Å². The van der Waals surface area contributed by atoms with Crippen LogP contribution in [0, 0.1) is 0 Å². The highest BCUT2D eigenvalue weighted by atomic mass is 16.6. The van der Waals surface area contributed by atoms with Crippen LogP contribution in [0.25, 0.3) is 0 Å². The summed E-state index contributed by atoms with van der Waals surface area (Å²) >= 11 is 0. The fourth-order valence-electron chi connectivity index (χ4n) is 2.63. The molecule has 0 saturated carbocycles. The van der Waals surface area contributed by atoms with E-state index in [1.807, 2.05) is 48.5 Å². The first-order chi connectivity index (χ1) is 11.2. The molecule has 5 nitrogen and oxygen atoms in total. The molecule has 1 amide bonds. The van der Waals surface area contributed by atoms with Gasteiger partial charge in [-0.25, -0.2) is 0 Å². The average molecular weight is 312 g/mol. The van der Waals surface area contributed by atoms with Gasteiger partial charge in [-0.1, -0.05) is 36.4 Å². The zero-order valence-corrected chi connectivity index (χ0v) is 12.8. The van der Waals surface area contributed by atoms with Gasteiger partial charge in [0.1, 0.15) is 19.3 Å².